The van der Waals surface area contributed by atoms with Gasteiger partial charge in [-0.2, -0.15) is 0 Å². The molecule has 1 atom stereocenters. The summed E-state index contributed by atoms with van der Waals surface area (Å²) in [4.78, 5) is 19.2. The number of aliphatic hydroxyl groups is 3. The van der Waals surface area contributed by atoms with E-state index in [2.05, 4.69) is 22.5 Å². The maximum absolute atomic E-state index is 13.0. The van der Waals surface area contributed by atoms with Gasteiger partial charge in [0.1, 0.15) is 0 Å². The molecule has 30 heavy (non-hydrogen) atoms. The Hall–Kier alpha value is -2.35. The number of aliphatic hydroxyl groups excluding tert-OH is 3. The van der Waals surface area contributed by atoms with E-state index in [1.54, 1.807) is 11.0 Å². The van der Waals surface area contributed by atoms with Crippen LogP contribution in [-0.2, 0) is 4.79 Å². The summed E-state index contributed by atoms with van der Waals surface area (Å²) in [6, 6.07) is 0. The standard InChI is InChI=1S/C23H33N3O4/c1-3-18-14-20(22(29)15-21(18)28)23(30)26-6-5-17(16-26)13-19(4-2)25-9-7-24(8-10-25)11-12-27/h4-5,13-14,22,27-29H,2-3,6-12,15-16H2,1H3/b19-13+. The Bertz CT molecular complexity index is 788. The van der Waals surface area contributed by atoms with Gasteiger partial charge in [0.25, 0.3) is 5.91 Å². The number of β-amino-alcohol motifs (C(OH)–C–C–N with tert-alkyl or cyclic N) is 1. The average molecular weight is 416 g/mol. The molecule has 0 aromatic rings. The number of piperazine rings is 1. The third-order valence-corrected chi connectivity index (χ3v) is 6.00. The van der Waals surface area contributed by atoms with Crippen LogP contribution in [0.25, 0.3) is 0 Å². The van der Waals surface area contributed by atoms with Crippen LogP contribution in [0.2, 0.25) is 0 Å². The minimum Gasteiger partial charge on any atom is -0.512 e. The van der Waals surface area contributed by atoms with Gasteiger partial charge in [0.2, 0.25) is 0 Å². The molecule has 3 N–H and O–H groups in total. The van der Waals surface area contributed by atoms with Gasteiger partial charge in [-0.1, -0.05) is 19.6 Å². The van der Waals surface area contributed by atoms with Crippen LogP contribution in [0.3, 0.4) is 0 Å². The summed E-state index contributed by atoms with van der Waals surface area (Å²) in [6.45, 7) is 11.3. The second-order valence-corrected chi connectivity index (χ2v) is 7.94. The summed E-state index contributed by atoms with van der Waals surface area (Å²) in [5, 5.41) is 29.3. The zero-order valence-corrected chi connectivity index (χ0v) is 17.8. The Balaban J connectivity index is 1.63. The van der Waals surface area contributed by atoms with Crippen molar-refractivity contribution in [1.82, 2.24) is 14.7 Å². The zero-order valence-electron chi connectivity index (χ0n) is 17.8. The molecule has 0 saturated carbocycles. The SMILES string of the molecule is C=C/C(=C\C1=CCN(C(=O)C2=CC(CC)=C(O)CC2O)C1)N1CCN(CCO)CC1. The summed E-state index contributed by atoms with van der Waals surface area (Å²) in [6.07, 6.45) is 7.35. The molecule has 164 valence electrons. The maximum atomic E-state index is 13.0. The molecule has 2 heterocycles. The number of amides is 1. The van der Waals surface area contributed by atoms with Crippen molar-refractivity contribution in [2.24, 2.45) is 0 Å². The third-order valence-electron chi connectivity index (χ3n) is 6.00. The van der Waals surface area contributed by atoms with Gasteiger partial charge in [-0.25, -0.2) is 0 Å². The second kappa shape index (κ2) is 10.1. The van der Waals surface area contributed by atoms with Gasteiger partial charge in [0.05, 0.1) is 18.5 Å². The summed E-state index contributed by atoms with van der Waals surface area (Å²) >= 11 is 0. The average Bonchev–Trinajstić information content (AvgIpc) is 3.21. The molecule has 1 unspecified atom stereocenters. The van der Waals surface area contributed by atoms with Gasteiger partial charge in [-0.3, -0.25) is 9.69 Å². The molecule has 1 aliphatic carbocycles. The monoisotopic (exact) mass is 415 g/mol. The van der Waals surface area contributed by atoms with E-state index < -0.39 is 6.10 Å². The first kappa shape index (κ1) is 22.3. The number of allylic oxidation sites excluding steroid dienone is 3. The summed E-state index contributed by atoms with van der Waals surface area (Å²) < 4.78 is 0. The van der Waals surface area contributed by atoms with Gasteiger partial charge >= 0.3 is 0 Å². The highest BCUT2D eigenvalue weighted by Gasteiger charge is 2.30. The summed E-state index contributed by atoms with van der Waals surface area (Å²) in [5.41, 5.74) is 3.16. The first-order valence-electron chi connectivity index (χ1n) is 10.7. The summed E-state index contributed by atoms with van der Waals surface area (Å²) in [5.74, 6) is -0.0159. The molecule has 0 spiro atoms. The molecular formula is C23H33N3O4. The van der Waals surface area contributed by atoms with E-state index >= 15 is 0 Å². The van der Waals surface area contributed by atoms with E-state index in [9.17, 15) is 15.0 Å². The van der Waals surface area contributed by atoms with Gasteiger partial charge in [0.15, 0.2) is 0 Å². The Labute approximate surface area is 178 Å². The lowest BCUT2D eigenvalue weighted by Crippen LogP contribution is -2.46. The van der Waals surface area contributed by atoms with Gasteiger partial charge in [0, 0.05) is 63.5 Å². The minimum absolute atomic E-state index is 0.0949. The highest BCUT2D eigenvalue weighted by Crippen LogP contribution is 2.27. The van der Waals surface area contributed by atoms with Crippen molar-refractivity contribution in [3.63, 3.8) is 0 Å². The molecule has 7 nitrogen and oxygen atoms in total. The molecule has 3 rings (SSSR count). The van der Waals surface area contributed by atoms with Crippen LogP contribution < -0.4 is 0 Å². The van der Waals surface area contributed by atoms with E-state index in [0.29, 0.717) is 37.2 Å². The largest absolute Gasteiger partial charge is 0.512 e. The van der Waals surface area contributed by atoms with Crippen LogP contribution in [-0.4, -0.2) is 94.5 Å². The van der Waals surface area contributed by atoms with Crippen LogP contribution in [0.4, 0.5) is 0 Å². The van der Waals surface area contributed by atoms with Gasteiger partial charge in [-0.15, -0.1) is 0 Å². The topological polar surface area (TPSA) is 87.5 Å². The normalized spacial score (nSPS) is 23.6. The molecule has 2 aliphatic heterocycles. The lowest BCUT2D eigenvalue weighted by Gasteiger charge is -2.36. The van der Waals surface area contributed by atoms with Gasteiger partial charge in [-0.05, 0) is 35.8 Å². The van der Waals surface area contributed by atoms with Crippen molar-refractivity contribution in [2.75, 3.05) is 52.4 Å². The predicted octanol–water partition coefficient (Wildman–Crippen LogP) is 1.35. The quantitative estimate of drug-likeness (QED) is 0.544. The van der Waals surface area contributed by atoms with Crippen LogP contribution in [0.1, 0.15) is 19.8 Å². The van der Waals surface area contributed by atoms with E-state index in [1.807, 2.05) is 19.1 Å². The van der Waals surface area contributed by atoms with E-state index in [0.717, 1.165) is 37.4 Å². The lowest BCUT2D eigenvalue weighted by atomic mass is 9.93. The number of carbonyl (C=O) groups is 1. The number of carbonyl (C=O) groups excluding carboxylic acids is 1. The fourth-order valence-corrected chi connectivity index (χ4v) is 4.16. The molecular weight excluding hydrogens is 382 g/mol. The smallest absolute Gasteiger partial charge is 0.253 e. The molecule has 0 aromatic heterocycles. The van der Waals surface area contributed by atoms with Crippen LogP contribution in [0.15, 0.2) is 59.1 Å². The minimum atomic E-state index is -0.966. The van der Waals surface area contributed by atoms with Crippen LogP contribution >= 0.6 is 0 Å². The van der Waals surface area contributed by atoms with Crippen molar-refractivity contribution < 1.29 is 20.1 Å². The molecule has 1 fully saturated rings. The van der Waals surface area contributed by atoms with Crippen molar-refractivity contribution in [1.29, 1.82) is 0 Å². The first-order valence-corrected chi connectivity index (χ1v) is 10.7. The number of hydrogen-bond acceptors (Lipinski definition) is 6. The Kier molecular flexibility index (Phi) is 7.53. The number of nitrogens with zero attached hydrogens (tertiary/aromatic N) is 3. The molecule has 1 saturated heterocycles. The number of rotatable bonds is 7. The Morgan fingerprint density at radius 2 is 2.00 bits per heavy atom. The van der Waals surface area contributed by atoms with Crippen molar-refractivity contribution in [3.8, 4) is 0 Å². The van der Waals surface area contributed by atoms with Crippen molar-refractivity contribution in [2.45, 2.75) is 25.9 Å². The molecule has 0 bridgehead atoms. The van der Waals surface area contributed by atoms with Crippen LogP contribution in [0, 0.1) is 0 Å². The summed E-state index contributed by atoms with van der Waals surface area (Å²) in [7, 11) is 0. The van der Waals surface area contributed by atoms with E-state index in [1.165, 1.54) is 0 Å². The molecule has 7 heteroatoms. The van der Waals surface area contributed by atoms with Crippen LogP contribution in [0.5, 0.6) is 0 Å². The van der Waals surface area contributed by atoms with Gasteiger partial charge < -0.3 is 25.1 Å². The fourth-order valence-electron chi connectivity index (χ4n) is 4.16. The second-order valence-electron chi connectivity index (χ2n) is 7.94. The first-order chi connectivity index (χ1) is 14.5. The zero-order chi connectivity index (χ0) is 21.7. The highest BCUT2D eigenvalue weighted by atomic mass is 16.3. The Morgan fingerprint density at radius 3 is 2.63 bits per heavy atom. The van der Waals surface area contributed by atoms with E-state index in [-0.39, 0.29) is 24.7 Å². The lowest BCUT2D eigenvalue weighted by molar-refractivity contribution is -0.127. The molecule has 1 amide bonds. The number of hydrogen-bond donors (Lipinski definition) is 3. The highest BCUT2D eigenvalue weighted by molar-refractivity contribution is 5.96. The van der Waals surface area contributed by atoms with E-state index in [4.69, 9.17) is 5.11 Å². The molecule has 0 radical (unpaired) electrons. The predicted molar refractivity (Wildman–Crippen MR) is 117 cm³/mol. The Morgan fingerprint density at radius 1 is 1.27 bits per heavy atom. The third kappa shape index (κ3) is 5.03. The van der Waals surface area contributed by atoms with Crippen molar-refractivity contribution >= 4 is 5.91 Å². The fraction of sp³-hybridized carbons (Fsp3) is 0.522. The maximum Gasteiger partial charge on any atom is 0.253 e. The molecule has 3 aliphatic rings. The van der Waals surface area contributed by atoms with Crippen molar-refractivity contribution in [3.05, 3.63) is 59.1 Å². The molecule has 0 aromatic carbocycles.